The third-order valence-corrected chi connectivity index (χ3v) is 4.80. The molecule has 2 fully saturated rings. The topological polar surface area (TPSA) is 54.0 Å². The van der Waals surface area contributed by atoms with Gasteiger partial charge in [0.2, 0.25) is 5.91 Å². The van der Waals surface area contributed by atoms with Gasteiger partial charge in [0.05, 0.1) is 11.6 Å². The lowest BCUT2D eigenvalue weighted by Gasteiger charge is -2.14. The van der Waals surface area contributed by atoms with Crippen LogP contribution in [-0.4, -0.2) is 23.0 Å². The van der Waals surface area contributed by atoms with Gasteiger partial charge in [0.15, 0.2) is 0 Å². The summed E-state index contributed by atoms with van der Waals surface area (Å²) < 4.78 is 0. The van der Waals surface area contributed by atoms with Crippen LogP contribution in [0.2, 0.25) is 0 Å². The molecule has 2 aliphatic rings. The van der Waals surface area contributed by atoms with E-state index in [1.54, 1.807) is 0 Å². The molecule has 2 heterocycles. The van der Waals surface area contributed by atoms with E-state index in [1.807, 2.05) is 30.5 Å². The second-order valence-electron chi connectivity index (χ2n) is 6.49. The number of aromatic nitrogens is 1. The van der Waals surface area contributed by atoms with Crippen LogP contribution in [0.4, 0.5) is 0 Å². The van der Waals surface area contributed by atoms with Gasteiger partial charge in [-0.2, -0.15) is 0 Å². The van der Waals surface area contributed by atoms with E-state index < -0.39 is 0 Å². The Bertz CT molecular complexity index is 696. The number of rotatable bonds is 4. The fourth-order valence-electron chi connectivity index (χ4n) is 3.37. The van der Waals surface area contributed by atoms with E-state index in [1.165, 1.54) is 12.8 Å². The predicted molar refractivity (Wildman–Crippen MR) is 86.3 cm³/mol. The predicted octanol–water partition coefficient (Wildman–Crippen LogP) is 2.38. The van der Waals surface area contributed by atoms with Gasteiger partial charge in [-0.05, 0) is 49.3 Å². The van der Waals surface area contributed by atoms with Crippen molar-refractivity contribution in [3.8, 4) is 0 Å². The summed E-state index contributed by atoms with van der Waals surface area (Å²) in [5.74, 6) is 0.943. The largest absolute Gasteiger partial charge is 0.351 e. The minimum atomic E-state index is -0.0148. The standard InChI is InChI=1S/C18H21N3O/c22-18(17-8-7-16(21-17)13-5-6-13)20-11-12-9-14-3-1-2-4-15(14)19-10-12/h1-4,9-10,13,16-17,21H,5-8,11H2,(H,20,22). The minimum Gasteiger partial charge on any atom is -0.351 e. The van der Waals surface area contributed by atoms with Crippen LogP contribution >= 0.6 is 0 Å². The van der Waals surface area contributed by atoms with Crippen LogP contribution in [0.3, 0.4) is 0 Å². The molecule has 1 aliphatic heterocycles. The quantitative estimate of drug-likeness (QED) is 0.910. The van der Waals surface area contributed by atoms with E-state index in [9.17, 15) is 4.79 Å². The van der Waals surface area contributed by atoms with Crippen LogP contribution in [0.15, 0.2) is 36.5 Å². The number of para-hydroxylation sites is 1. The molecule has 1 aromatic carbocycles. The highest BCUT2D eigenvalue weighted by Gasteiger charge is 2.38. The van der Waals surface area contributed by atoms with Crippen LogP contribution < -0.4 is 10.6 Å². The molecule has 114 valence electrons. The Kier molecular flexibility index (Phi) is 3.54. The monoisotopic (exact) mass is 295 g/mol. The molecule has 4 heteroatoms. The molecule has 1 aromatic heterocycles. The number of hydrogen-bond donors (Lipinski definition) is 2. The lowest BCUT2D eigenvalue weighted by molar-refractivity contribution is -0.123. The average Bonchev–Trinajstić information content (AvgIpc) is 3.29. The van der Waals surface area contributed by atoms with E-state index in [0.717, 1.165) is 35.2 Å². The summed E-state index contributed by atoms with van der Waals surface area (Å²) in [5, 5.41) is 7.65. The van der Waals surface area contributed by atoms with Gasteiger partial charge in [-0.1, -0.05) is 18.2 Å². The van der Waals surface area contributed by atoms with Crippen molar-refractivity contribution >= 4 is 16.8 Å². The first kappa shape index (κ1) is 13.7. The van der Waals surface area contributed by atoms with Crippen LogP contribution in [0.1, 0.15) is 31.2 Å². The van der Waals surface area contributed by atoms with E-state index in [0.29, 0.717) is 12.6 Å². The Morgan fingerprint density at radius 1 is 1.23 bits per heavy atom. The van der Waals surface area contributed by atoms with Gasteiger partial charge in [0.25, 0.3) is 0 Å². The Balaban J connectivity index is 1.35. The van der Waals surface area contributed by atoms with Gasteiger partial charge in [-0.25, -0.2) is 0 Å². The second-order valence-corrected chi connectivity index (χ2v) is 6.49. The number of pyridine rings is 1. The third-order valence-electron chi connectivity index (χ3n) is 4.80. The summed E-state index contributed by atoms with van der Waals surface area (Å²) in [6.07, 6.45) is 6.60. The van der Waals surface area contributed by atoms with Crippen molar-refractivity contribution in [1.29, 1.82) is 0 Å². The SMILES string of the molecule is O=C(NCc1cnc2ccccc2c1)C1CCC(C2CC2)N1. The molecule has 2 atom stereocenters. The first-order chi connectivity index (χ1) is 10.8. The second kappa shape index (κ2) is 5.69. The van der Waals surface area contributed by atoms with Gasteiger partial charge in [-0.15, -0.1) is 0 Å². The molecular weight excluding hydrogens is 274 g/mol. The van der Waals surface area contributed by atoms with Gasteiger partial charge in [-0.3, -0.25) is 9.78 Å². The van der Waals surface area contributed by atoms with Crippen LogP contribution in [0.5, 0.6) is 0 Å². The number of nitrogens with zero attached hydrogens (tertiary/aromatic N) is 1. The van der Waals surface area contributed by atoms with Gasteiger partial charge in [0.1, 0.15) is 0 Å². The number of fused-ring (bicyclic) bond motifs is 1. The van der Waals surface area contributed by atoms with Crippen molar-refractivity contribution in [3.05, 3.63) is 42.1 Å². The zero-order valence-corrected chi connectivity index (χ0v) is 12.6. The number of carbonyl (C=O) groups is 1. The van der Waals surface area contributed by atoms with Crippen molar-refractivity contribution in [3.63, 3.8) is 0 Å². The third kappa shape index (κ3) is 2.83. The van der Waals surface area contributed by atoms with Crippen molar-refractivity contribution in [2.45, 2.75) is 44.3 Å². The maximum Gasteiger partial charge on any atom is 0.237 e. The molecule has 1 amide bonds. The Morgan fingerprint density at radius 2 is 2.09 bits per heavy atom. The average molecular weight is 295 g/mol. The molecule has 0 bridgehead atoms. The summed E-state index contributed by atoms with van der Waals surface area (Å²) in [4.78, 5) is 16.7. The molecule has 0 spiro atoms. The highest BCUT2D eigenvalue weighted by atomic mass is 16.2. The molecule has 2 unspecified atom stereocenters. The Morgan fingerprint density at radius 3 is 2.95 bits per heavy atom. The maximum atomic E-state index is 12.3. The number of nitrogens with one attached hydrogen (secondary N) is 2. The lowest BCUT2D eigenvalue weighted by atomic mass is 10.1. The van der Waals surface area contributed by atoms with Crippen molar-refractivity contribution in [2.24, 2.45) is 5.92 Å². The molecule has 1 saturated heterocycles. The van der Waals surface area contributed by atoms with Gasteiger partial charge < -0.3 is 10.6 Å². The summed E-state index contributed by atoms with van der Waals surface area (Å²) in [6, 6.07) is 10.7. The molecule has 1 saturated carbocycles. The van der Waals surface area contributed by atoms with Gasteiger partial charge >= 0.3 is 0 Å². The Labute approximate surface area is 130 Å². The molecule has 22 heavy (non-hydrogen) atoms. The summed E-state index contributed by atoms with van der Waals surface area (Å²) in [7, 11) is 0. The molecule has 2 aromatic rings. The zero-order valence-electron chi connectivity index (χ0n) is 12.6. The van der Waals surface area contributed by atoms with Crippen molar-refractivity contribution < 1.29 is 4.79 Å². The van der Waals surface area contributed by atoms with E-state index in [4.69, 9.17) is 0 Å². The van der Waals surface area contributed by atoms with E-state index in [-0.39, 0.29) is 11.9 Å². The molecular formula is C18H21N3O. The smallest absolute Gasteiger partial charge is 0.237 e. The first-order valence-electron chi connectivity index (χ1n) is 8.17. The molecule has 1 aliphatic carbocycles. The molecule has 4 nitrogen and oxygen atoms in total. The number of amides is 1. The molecule has 0 radical (unpaired) electrons. The zero-order chi connectivity index (χ0) is 14.9. The van der Waals surface area contributed by atoms with Gasteiger partial charge in [0, 0.05) is 24.2 Å². The normalized spacial score (nSPS) is 24.5. The summed E-state index contributed by atoms with van der Waals surface area (Å²) in [5.41, 5.74) is 2.03. The van der Waals surface area contributed by atoms with Crippen LogP contribution in [0, 0.1) is 5.92 Å². The van der Waals surface area contributed by atoms with Crippen LogP contribution in [-0.2, 0) is 11.3 Å². The maximum absolute atomic E-state index is 12.3. The lowest BCUT2D eigenvalue weighted by Crippen LogP contribution is -2.42. The van der Waals surface area contributed by atoms with E-state index >= 15 is 0 Å². The fraction of sp³-hybridized carbons (Fsp3) is 0.444. The van der Waals surface area contributed by atoms with E-state index in [2.05, 4.69) is 21.7 Å². The highest BCUT2D eigenvalue weighted by Crippen LogP contribution is 2.37. The highest BCUT2D eigenvalue weighted by molar-refractivity contribution is 5.82. The number of hydrogen-bond acceptors (Lipinski definition) is 3. The summed E-state index contributed by atoms with van der Waals surface area (Å²) in [6.45, 7) is 0.545. The van der Waals surface area contributed by atoms with Crippen LogP contribution in [0.25, 0.3) is 10.9 Å². The molecule has 4 rings (SSSR count). The first-order valence-corrected chi connectivity index (χ1v) is 8.17. The minimum absolute atomic E-state index is 0.0148. The Hall–Kier alpha value is -1.94. The van der Waals surface area contributed by atoms with Crippen molar-refractivity contribution in [1.82, 2.24) is 15.6 Å². The molecule has 2 N–H and O–H groups in total. The number of benzene rings is 1. The van der Waals surface area contributed by atoms with Crippen molar-refractivity contribution in [2.75, 3.05) is 0 Å². The number of carbonyl (C=O) groups excluding carboxylic acids is 1. The fourth-order valence-corrected chi connectivity index (χ4v) is 3.37. The summed E-state index contributed by atoms with van der Waals surface area (Å²) >= 11 is 0.